The Balaban J connectivity index is 2.15. The van der Waals surface area contributed by atoms with Crippen molar-refractivity contribution in [2.75, 3.05) is 6.61 Å². The van der Waals surface area contributed by atoms with Crippen molar-refractivity contribution in [3.63, 3.8) is 0 Å². The van der Waals surface area contributed by atoms with Crippen molar-refractivity contribution in [1.82, 2.24) is 5.32 Å². The highest BCUT2D eigenvalue weighted by molar-refractivity contribution is 9.10. The van der Waals surface area contributed by atoms with Gasteiger partial charge in [0, 0.05) is 10.0 Å². The van der Waals surface area contributed by atoms with Gasteiger partial charge in [0.25, 0.3) is 5.91 Å². The van der Waals surface area contributed by atoms with Crippen molar-refractivity contribution >= 4 is 27.8 Å². The van der Waals surface area contributed by atoms with Crippen LogP contribution >= 0.6 is 15.9 Å². The highest BCUT2D eigenvalue weighted by atomic mass is 79.9. The Kier molecular flexibility index (Phi) is 7.01. The van der Waals surface area contributed by atoms with Crippen LogP contribution in [-0.2, 0) is 4.79 Å². The maximum absolute atomic E-state index is 12.4. The summed E-state index contributed by atoms with van der Waals surface area (Å²) < 4.78 is 6.31. The number of carboxylic acid groups (broad SMARTS) is 1. The third-order valence-corrected chi connectivity index (χ3v) is 4.02. The minimum absolute atomic E-state index is 0.199. The summed E-state index contributed by atoms with van der Waals surface area (Å²) in [6, 6.07) is 13.4. The van der Waals surface area contributed by atoms with E-state index in [-0.39, 0.29) is 12.3 Å². The van der Waals surface area contributed by atoms with E-state index in [9.17, 15) is 9.59 Å². The van der Waals surface area contributed by atoms with Gasteiger partial charge in [-0.3, -0.25) is 9.59 Å². The zero-order valence-electron chi connectivity index (χ0n) is 13.9. The molecule has 6 heteroatoms. The van der Waals surface area contributed by atoms with Gasteiger partial charge < -0.3 is 15.2 Å². The Hall–Kier alpha value is -2.34. The lowest BCUT2D eigenvalue weighted by atomic mass is 10.0. The summed E-state index contributed by atoms with van der Waals surface area (Å²) in [5, 5.41) is 11.9. The topological polar surface area (TPSA) is 75.6 Å². The molecule has 0 aliphatic rings. The average Bonchev–Trinajstić information content (AvgIpc) is 2.59. The second kappa shape index (κ2) is 9.22. The van der Waals surface area contributed by atoms with Gasteiger partial charge in [-0.2, -0.15) is 0 Å². The van der Waals surface area contributed by atoms with E-state index in [0.717, 1.165) is 22.2 Å². The highest BCUT2D eigenvalue weighted by Gasteiger charge is 2.19. The van der Waals surface area contributed by atoms with Crippen molar-refractivity contribution in [2.24, 2.45) is 0 Å². The fraction of sp³-hybridized carbons (Fsp3) is 0.263. The van der Waals surface area contributed by atoms with Gasteiger partial charge in [0.05, 0.1) is 19.1 Å². The van der Waals surface area contributed by atoms with E-state index in [0.29, 0.717) is 12.2 Å². The summed E-state index contributed by atoms with van der Waals surface area (Å²) in [5.41, 5.74) is 1.18. The van der Waals surface area contributed by atoms with Gasteiger partial charge in [-0.15, -0.1) is 0 Å². The van der Waals surface area contributed by atoms with Crippen LogP contribution in [0.4, 0.5) is 0 Å². The van der Waals surface area contributed by atoms with E-state index in [1.54, 1.807) is 42.5 Å². The van der Waals surface area contributed by atoms with Crippen LogP contribution in [0.3, 0.4) is 0 Å². The first kappa shape index (κ1) is 19.0. The Bertz CT molecular complexity index is 730. The molecule has 0 saturated heterocycles. The predicted molar refractivity (Wildman–Crippen MR) is 98.8 cm³/mol. The first-order chi connectivity index (χ1) is 12.0. The van der Waals surface area contributed by atoms with Crippen molar-refractivity contribution in [3.8, 4) is 5.75 Å². The second-order valence-electron chi connectivity index (χ2n) is 5.55. The Morgan fingerprint density at radius 3 is 2.52 bits per heavy atom. The van der Waals surface area contributed by atoms with Crippen LogP contribution in [0.2, 0.25) is 0 Å². The van der Waals surface area contributed by atoms with E-state index < -0.39 is 12.0 Å². The number of hydrogen-bond acceptors (Lipinski definition) is 3. The van der Waals surface area contributed by atoms with Gasteiger partial charge in [0.2, 0.25) is 0 Å². The minimum atomic E-state index is -0.981. The zero-order chi connectivity index (χ0) is 18.2. The Morgan fingerprint density at radius 1 is 1.20 bits per heavy atom. The monoisotopic (exact) mass is 405 g/mol. The van der Waals surface area contributed by atoms with Gasteiger partial charge in [-0.05, 0) is 42.3 Å². The molecule has 2 rings (SSSR count). The standard InChI is InChI=1S/C19H20BrNO4/c1-2-10-25-16-8-6-13(7-9-16)17(12-18(22)23)21-19(24)14-4-3-5-15(20)11-14/h3-9,11,17H,2,10,12H2,1H3,(H,21,24)(H,22,23). The van der Waals surface area contributed by atoms with E-state index >= 15 is 0 Å². The summed E-state index contributed by atoms with van der Waals surface area (Å²) in [6.07, 6.45) is 0.709. The van der Waals surface area contributed by atoms with E-state index in [1.165, 1.54) is 0 Å². The number of carbonyl (C=O) groups is 2. The van der Waals surface area contributed by atoms with Crippen LogP contribution in [0.15, 0.2) is 53.0 Å². The first-order valence-corrected chi connectivity index (χ1v) is 8.80. The molecule has 2 aromatic carbocycles. The highest BCUT2D eigenvalue weighted by Crippen LogP contribution is 2.22. The largest absolute Gasteiger partial charge is 0.494 e. The quantitative estimate of drug-likeness (QED) is 0.690. The molecule has 1 atom stereocenters. The molecule has 2 N–H and O–H groups in total. The second-order valence-corrected chi connectivity index (χ2v) is 6.47. The molecule has 25 heavy (non-hydrogen) atoms. The summed E-state index contributed by atoms with van der Waals surface area (Å²) in [4.78, 5) is 23.6. The number of carbonyl (C=O) groups excluding carboxylic acids is 1. The maximum atomic E-state index is 12.4. The van der Waals surface area contributed by atoms with Gasteiger partial charge in [0.1, 0.15) is 5.75 Å². The van der Waals surface area contributed by atoms with Crippen LogP contribution in [0.1, 0.15) is 41.7 Å². The molecule has 0 fully saturated rings. The number of hydrogen-bond donors (Lipinski definition) is 2. The van der Waals surface area contributed by atoms with E-state index in [2.05, 4.69) is 21.2 Å². The number of carboxylic acids is 1. The lowest BCUT2D eigenvalue weighted by Gasteiger charge is -2.18. The molecule has 0 bridgehead atoms. The first-order valence-electron chi connectivity index (χ1n) is 8.00. The van der Waals surface area contributed by atoms with Crippen LogP contribution in [0, 0.1) is 0 Å². The molecule has 0 aliphatic carbocycles. The van der Waals surface area contributed by atoms with Gasteiger partial charge in [-0.25, -0.2) is 0 Å². The molecular weight excluding hydrogens is 386 g/mol. The maximum Gasteiger partial charge on any atom is 0.305 e. The summed E-state index contributed by atoms with van der Waals surface area (Å²) >= 11 is 3.32. The lowest BCUT2D eigenvalue weighted by molar-refractivity contribution is -0.137. The fourth-order valence-electron chi connectivity index (χ4n) is 2.31. The molecule has 132 valence electrons. The number of nitrogens with one attached hydrogen (secondary N) is 1. The third-order valence-electron chi connectivity index (χ3n) is 3.53. The number of halogens is 1. The average molecular weight is 406 g/mol. The van der Waals surface area contributed by atoms with Crippen LogP contribution in [0.5, 0.6) is 5.75 Å². The summed E-state index contributed by atoms with van der Waals surface area (Å²) in [5.74, 6) is -0.581. The van der Waals surface area contributed by atoms with E-state index in [1.807, 2.05) is 13.0 Å². The molecule has 0 aromatic heterocycles. The Labute approximate surface area is 155 Å². The molecule has 0 radical (unpaired) electrons. The van der Waals surface area contributed by atoms with Crippen LogP contribution in [-0.4, -0.2) is 23.6 Å². The normalized spacial score (nSPS) is 11.6. The fourth-order valence-corrected chi connectivity index (χ4v) is 2.71. The van der Waals surface area contributed by atoms with Crippen LogP contribution < -0.4 is 10.1 Å². The third kappa shape index (κ3) is 5.90. The number of rotatable bonds is 8. The van der Waals surface area contributed by atoms with Crippen molar-refractivity contribution in [1.29, 1.82) is 0 Å². The number of ether oxygens (including phenoxy) is 1. The lowest BCUT2D eigenvalue weighted by Crippen LogP contribution is -2.30. The molecule has 0 spiro atoms. The van der Waals surface area contributed by atoms with Gasteiger partial charge in [-0.1, -0.05) is 41.1 Å². The summed E-state index contributed by atoms with van der Waals surface area (Å²) in [6.45, 7) is 2.65. The smallest absolute Gasteiger partial charge is 0.305 e. The molecule has 5 nitrogen and oxygen atoms in total. The number of amides is 1. The number of benzene rings is 2. The van der Waals surface area contributed by atoms with Crippen molar-refractivity contribution < 1.29 is 19.4 Å². The van der Waals surface area contributed by atoms with Gasteiger partial charge >= 0.3 is 5.97 Å². The number of aliphatic carboxylic acids is 1. The zero-order valence-corrected chi connectivity index (χ0v) is 15.5. The van der Waals surface area contributed by atoms with Crippen LogP contribution in [0.25, 0.3) is 0 Å². The van der Waals surface area contributed by atoms with Gasteiger partial charge in [0.15, 0.2) is 0 Å². The molecule has 0 aliphatic heterocycles. The molecule has 2 aromatic rings. The van der Waals surface area contributed by atoms with Crippen molar-refractivity contribution in [3.05, 3.63) is 64.1 Å². The molecule has 1 amide bonds. The van der Waals surface area contributed by atoms with Crippen molar-refractivity contribution in [2.45, 2.75) is 25.8 Å². The molecule has 0 heterocycles. The Morgan fingerprint density at radius 2 is 1.92 bits per heavy atom. The molecule has 0 saturated carbocycles. The van der Waals surface area contributed by atoms with E-state index in [4.69, 9.17) is 9.84 Å². The molecular formula is C19H20BrNO4. The SMILES string of the molecule is CCCOc1ccc(C(CC(=O)O)NC(=O)c2cccc(Br)c2)cc1. The minimum Gasteiger partial charge on any atom is -0.494 e. The molecule has 1 unspecified atom stereocenters. The summed E-state index contributed by atoms with van der Waals surface area (Å²) in [7, 11) is 0. The predicted octanol–water partition coefficient (Wildman–Crippen LogP) is 4.18.